The van der Waals surface area contributed by atoms with Crippen LogP contribution in [0.25, 0.3) is 0 Å². The Morgan fingerprint density at radius 3 is 2.55 bits per heavy atom. The van der Waals surface area contributed by atoms with Crippen molar-refractivity contribution in [2.24, 2.45) is 7.05 Å². The van der Waals surface area contributed by atoms with Gasteiger partial charge in [-0.3, -0.25) is 9.25 Å². The third-order valence-corrected chi connectivity index (χ3v) is 4.93. The Morgan fingerprint density at radius 2 is 2.00 bits per heavy atom. The predicted octanol–water partition coefficient (Wildman–Crippen LogP) is 2.62. The van der Waals surface area contributed by atoms with Crippen molar-refractivity contribution in [3.63, 3.8) is 0 Å². The van der Waals surface area contributed by atoms with E-state index >= 15 is 0 Å². The Kier molecular flexibility index (Phi) is 4.34. The minimum atomic E-state index is -0.279. The van der Waals surface area contributed by atoms with Crippen LogP contribution < -0.4 is 5.69 Å². The lowest BCUT2D eigenvalue weighted by atomic mass is 10.3. The van der Waals surface area contributed by atoms with Crippen LogP contribution in [-0.4, -0.2) is 19.3 Å². The van der Waals surface area contributed by atoms with Crippen molar-refractivity contribution in [2.75, 3.05) is 0 Å². The van der Waals surface area contributed by atoms with Gasteiger partial charge in [-0.1, -0.05) is 18.5 Å². The molecule has 0 atom stereocenters. The standard InChI is InChI=1S/C13H16BrClN4O/c1-5-9-12(15)10(18(4)17-9)6-19-8(3)11(14)7(2)16-13(19)20/h5-6H2,1-4H3. The molecule has 0 aliphatic carbocycles. The molecule has 0 aromatic carbocycles. The van der Waals surface area contributed by atoms with Crippen molar-refractivity contribution in [1.29, 1.82) is 0 Å². The van der Waals surface area contributed by atoms with Gasteiger partial charge in [0.2, 0.25) is 0 Å². The van der Waals surface area contributed by atoms with Crippen molar-refractivity contribution in [2.45, 2.75) is 33.7 Å². The van der Waals surface area contributed by atoms with Gasteiger partial charge >= 0.3 is 5.69 Å². The Hall–Kier alpha value is -1.14. The zero-order valence-electron chi connectivity index (χ0n) is 11.9. The van der Waals surface area contributed by atoms with E-state index in [1.54, 1.807) is 16.2 Å². The molecule has 0 saturated heterocycles. The molecule has 0 bridgehead atoms. The van der Waals surface area contributed by atoms with E-state index in [0.717, 1.165) is 28.0 Å². The van der Waals surface area contributed by atoms with Gasteiger partial charge in [0, 0.05) is 12.7 Å². The average molecular weight is 360 g/mol. The Morgan fingerprint density at radius 1 is 1.35 bits per heavy atom. The van der Waals surface area contributed by atoms with E-state index in [1.165, 1.54) is 0 Å². The summed E-state index contributed by atoms with van der Waals surface area (Å²) >= 11 is 9.78. The number of aromatic nitrogens is 4. The highest BCUT2D eigenvalue weighted by atomic mass is 79.9. The lowest BCUT2D eigenvalue weighted by Gasteiger charge is -2.12. The van der Waals surface area contributed by atoms with Crippen molar-refractivity contribution < 1.29 is 0 Å². The van der Waals surface area contributed by atoms with Crippen LogP contribution in [0.2, 0.25) is 5.02 Å². The van der Waals surface area contributed by atoms with Crippen LogP contribution in [0.15, 0.2) is 9.27 Å². The van der Waals surface area contributed by atoms with E-state index in [2.05, 4.69) is 26.0 Å². The number of aryl methyl sites for hydroxylation is 3. The van der Waals surface area contributed by atoms with Gasteiger partial charge in [-0.05, 0) is 36.2 Å². The molecule has 2 aromatic rings. The average Bonchev–Trinajstić information content (AvgIpc) is 2.67. The SMILES string of the molecule is CCc1nn(C)c(Cn2c(C)c(Br)c(C)nc2=O)c1Cl. The van der Waals surface area contributed by atoms with Crippen LogP contribution in [0.5, 0.6) is 0 Å². The van der Waals surface area contributed by atoms with E-state index in [-0.39, 0.29) is 5.69 Å². The summed E-state index contributed by atoms with van der Waals surface area (Å²) < 4.78 is 4.16. The van der Waals surface area contributed by atoms with Gasteiger partial charge in [-0.25, -0.2) is 4.79 Å². The van der Waals surface area contributed by atoms with Crippen molar-refractivity contribution >= 4 is 27.5 Å². The van der Waals surface area contributed by atoms with Crippen LogP contribution in [-0.2, 0) is 20.0 Å². The molecule has 0 aliphatic heterocycles. The maximum Gasteiger partial charge on any atom is 0.348 e. The van der Waals surface area contributed by atoms with Crippen molar-refractivity contribution in [3.8, 4) is 0 Å². The summed E-state index contributed by atoms with van der Waals surface area (Å²) in [6.45, 7) is 6.04. The van der Waals surface area contributed by atoms with Gasteiger partial charge in [0.1, 0.15) is 0 Å². The number of halogens is 2. The largest absolute Gasteiger partial charge is 0.348 e. The highest BCUT2D eigenvalue weighted by Crippen LogP contribution is 2.23. The van der Waals surface area contributed by atoms with E-state index < -0.39 is 0 Å². The van der Waals surface area contributed by atoms with Crippen LogP contribution in [0.1, 0.15) is 29.7 Å². The molecular formula is C13H16BrClN4O. The quantitative estimate of drug-likeness (QED) is 0.846. The van der Waals surface area contributed by atoms with Crippen LogP contribution in [0.4, 0.5) is 0 Å². The molecule has 0 aliphatic rings. The zero-order chi connectivity index (χ0) is 15.0. The van der Waals surface area contributed by atoms with Crippen molar-refractivity contribution in [1.82, 2.24) is 19.3 Å². The first-order valence-electron chi connectivity index (χ1n) is 6.30. The van der Waals surface area contributed by atoms with Crippen LogP contribution in [0.3, 0.4) is 0 Å². The van der Waals surface area contributed by atoms with Gasteiger partial charge in [0.25, 0.3) is 0 Å². The summed E-state index contributed by atoms with van der Waals surface area (Å²) in [5, 5.41) is 4.98. The second-order valence-corrected chi connectivity index (χ2v) is 5.82. The Bertz CT molecular complexity index is 720. The number of nitrogens with zero attached hydrogens (tertiary/aromatic N) is 4. The molecule has 0 fully saturated rings. The number of hydrogen-bond donors (Lipinski definition) is 0. The minimum Gasteiger partial charge on any atom is -0.289 e. The molecule has 0 radical (unpaired) electrons. The second kappa shape index (κ2) is 5.69. The Balaban J connectivity index is 2.54. The van der Waals surface area contributed by atoms with Gasteiger partial charge in [0.15, 0.2) is 0 Å². The molecule has 0 unspecified atom stereocenters. The molecule has 0 saturated carbocycles. The normalized spacial score (nSPS) is 11.1. The molecule has 0 spiro atoms. The van der Waals surface area contributed by atoms with E-state index in [0.29, 0.717) is 17.3 Å². The third kappa shape index (κ3) is 2.54. The first-order chi connectivity index (χ1) is 9.36. The summed E-state index contributed by atoms with van der Waals surface area (Å²) in [6, 6.07) is 0. The molecular weight excluding hydrogens is 344 g/mol. The van der Waals surface area contributed by atoms with E-state index in [1.807, 2.05) is 20.9 Å². The summed E-state index contributed by atoms with van der Waals surface area (Å²) in [4.78, 5) is 16.1. The summed E-state index contributed by atoms with van der Waals surface area (Å²) in [5.41, 5.74) is 2.89. The zero-order valence-corrected chi connectivity index (χ0v) is 14.2. The number of hydrogen-bond acceptors (Lipinski definition) is 3. The van der Waals surface area contributed by atoms with Gasteiger partial charge in [-0.2, -0.15) is 10.1 Å². The summed E-state index contributed by atoms with van der Waals surface area (Å²) in [7, 11) is 1.83. The van der Waals surface area contributed by atoms with Crippen LogP contribution >= 0.6 is 27.5 Å². The van der Waals surface area contributed by atoms with E-state index in [9.17, 15) is 4.79 Å². The Labute approximate surface area is 130 Å². The van der Waals surface area contributed by atoms with Gasteiger partial charge < -0.3 is 0 Å². The molecule has 7 heteroatoms. The highest BCUT2D eigenvalue weighted by molar-refractivity contribution is 9.10. The number of rotatable bonds is 3. The molecule has 2 aromatic heterocycles. The maximum absolute atomic E-state index is 12.1. The van der Waals surface area contributed by atoms with Gasteiger partial charge in [-0.15, -0.1) is 0 Å². The lowest BCUT2D eigenvalue weighted by molar-refractivity contribution is 0.622. The highest BCUT2D eigenvalue weighted by Gasteiger charge is 2.16. The third-order valence-electron chi connectivity index (χ3n) is 3.35. The van der Waals surface area contributed by atoms with Crippen LogP contribution in [0, 0.1) is 13.8 Å². The fourth-order valence-corrected chi connectivity index (χ4v) is 2.76. The van der Waals surface area contributed by atoms with Gasteiger partial charge in [0.05, 0.1) is 33.1 Å². The molecule has 5 nitrogen and oxygen atoms in total. The molecule has 2 rings (SSSR count). The van der Waals surface area contributed by atoms with E-state index in [4.69, 9.17) is 11.6 Å². The minimum absolute atomic E-state index is 0.279. The lowest BCUT2D eigenvalue weighted by Crippen LogP contribution is -2.27. The first-order valence-corrected chi connectivity index (χ1v) is 7.47. The topological polar surface area (TPSA) is 52.7 Å². The van der Waals surface area contributed by atoms with Crippen molar-refractivity contribution in [3.05, 3.63) is 42.8 Å². The summed E-state index contributed by atoms with van der Waals surface area (Å²) in [5.74, 6) is 0. The fourth-order valence-electron chi connectivity index (χ4n) is 2.10. The monoisotopic (exact) mass is 358 g/mol. The smallest absolute Gasteiger partial charge is 0.289 e. The molecule has 20 heavy (non-hydrogen) atoms. The molecule has 0 N–H and O–H groups in total. The predicted molar refractivity (Wildman–Crippen MR) is 82.4 cm³/mol. The first kappa shape index (κ1) is 15.3. The summed E-state index contributed by atoms with van der Waals surface area (Å²) in [6.07, 6.45) is 0.760. The second-order valence-electron chi connectivity index (χ2n) is 4.65. The molecule has 2 heterocycles. The maximum atomic E-state index is 12.1. The molecule has 108 valence electrons. The fraction of sp³-hybridized carbons (Fsp3) is 0.462. The molecule has 0 amide bonds.